The fourth-order valence-corrected chi connectivity index (χ4v) is 2.74. The summed E-state index contributed by atoms with van der Waals surface area (Å²) in [5.74, 6) is 0.703. The summed E-state index contributed by atoms with van der Waals surface area (Å²) in [6.45, 7) is 9.35. The van der Waals surface area contributed by atoms with E-state index in [9.17, 15) is 4.79 Å². The Hall–Kier alpha value is -1.30. The molecule has 0 saturated carbocycles. The highest BCUT2D eigenvalue weighted by molar-refractivity contribution is 5.84. The topological polar surface area (TPSA) is 66.0 Å². The Labute approximate surface area is 153 Å². The third-order valence-corrected chi connectivity index (χ3v) is 4.58. The molecule has 1 heterocycles. The van der Waals surface area contributed by atoms with Crippen molar-refractivity contribution in [2.75, 3.05) is 40.3 Å². The number of ether oxygens (including phenoxy) is 1. The zero-order valence-corrected chi connectivity index (χ0v) is 16.9. The third-order valence-electron chi connectivity index (χ3n) is 4.58. The summed E-state index contributed by atoms with van der Waals surface area (Å²) in [4.78, 5) is 17.8. The highest BCUT2D eigenvalue weighted by Gasteiger charge is 2.19. The first-order valence-electron chi connectivity index (χ1n) is 9.68. The van der Waals surface area contributed by atoms with Crippen LogP contribution < -0.4 is 10.6 Å². The van der Waals surface area contributed by atoms with Gasteiger partial charge in [0.25, 0.3) is 0 Å². The van der Waals surface area contributed by atoms with Crippen LogP contribution in [0.3, 0.4) is 0 Å². The van der Waals surface area contributed by atoms with Gasteiger partial charge in [-0.25, -0.2) is 4.99 Å². The van der Waals surface area contributed by atoms with Crippen molar-refractivity contribution in [2.45, 2.75) is 65.4 Å². The lowest BCUT2D eigenvalue weighted by atomic mass is 9.87. The highest BCUT2D eigenvalue weighted by Crippen LogP contribution is 2.22. The quantitative estimate of drug-likeness (QED) is 0.359. The predicted octanol–water partition coefficient (Wildman–Crippen LogP) is 2.40. The van der Waals surface area contributed by atoms with Crippen molar-refractivity contribution in [3.63, 3.8) is 0 Å². The predicted molar refractivity (Wildman–Crippen MR) is 104 cm³/mol. The standard InChI is InChI=1S/C19H38N4O2/c1-6-7-8-11-19(2,3)15-22-18(21-14-17(24)23(4)5)20-13-16-10-9-12-25-16/h16H,6-15H2,1-5H3,(H2,20,21,22). The Morgan fingerprint density at radius 2 is 2.04 bits per heavy atom. The zero-order valence-electron chi connectivity index (χ0n) is 16.9. The van der Waals surface area contributed by atoms with E-state index in [1.807, 2.05) is 0 Å². The van der Waals surface area contributed by atoms with E-state index in [0.717, 1.165) is 32.5 Å². The van der Waals surface area contributed by atoms with Crippen molar-refractivity contribution in [3.8, 4) is 0 Å². The summed E-state index contributed by atoms with van der Waals surface area (Å²) in [5, 5.41) is 6.76. The first-order chi connectivity index (χ1) is 11.8. The van der Waals surface area contributed by atoms with Crippen LogP contribution in [0.25, 0.3) is 0 Å². The van der Waals surface area contributed by atoms with E-state index < -0.39 is 0 Å². The van der Waals surface area contributed by atoms with Gasteiger partial charge in [0, 0.05) is 33.8 Å². The van der Waals surface area contributed by atoms with Crippen molar-refractivity contribution in [1.82, 2.24) is 15.5 Å². The molecule has 146 valence electrons. The molecule has 25 heavy (non-hydrogen) atoms. The monoisotopic (exact) mass is 354 g/mol. The number of hydrogen-bond donors (Lipinski definition) is 2. The number of amides is 1. The second-order valence-corrected chi connectivity index (χ2v) is 7.94. The second-order valence-electron chi connectivity index (χ2n) is 7.94. The molecule has 1 aliphatic rings. The molecule has 2 N–H and O–H groups in total. The average Bonchev–Trinajstić information content (AvgIpc) is 3.07. The third kappa shape index (κ3) is 9.68. The number of nitrogens with one attached hydrogen (secondary N) is 2. The average molecular weight is 355 g/mol. The van der Waals surface area contributed by atoms with E-state index >= 15 is 0 Å². The van der Waals surface area contributed by atoms with E-state index in [-0.39, 0.29) is 24.0 Å². The number of unbranched alkanes of at least 4 members (excludes halogenated alkanes) is 2. The van der Waals surface area contributed by atoms with Gasteiger partial charge in [-0.2, -0.15) is 0 Å². The molecule has 0 aromatic rings. The maximum absolute atomic E-state index is 11.8. The van der Waals surface area contributed by atoms with E-state index in [1.165, 1.54) is 25.7 Å². The molecule has 1 amide bonds. The molecule has 1 aliphatic heterocycles. The minimum Gasteiger partial charge on any atom is -0.376 e. The van der Waals surface area contributed by atoms with Crippen LogP contribution in [0.15, 0.2) is 4.99 Å². The summed E-state index contributed by atoms with van der Waals surface area (Å²) in [5.41, 5.74) is 0.201. The maximum atomic E-state index is 11.8. The van der Waals surface area contributed by atoms with Crippen LogP contribution >= 0.6 is 0 Å². The summed E-state index contributed by atoms with van der Waals surface area (Å²) >= 11 is 0. The SMILES string of the molecule is CCCCCC(C)(C)CNC(=NCC(=O)N(C)C)NCC1CCCO1. The summed E-state index contributed by atoms with van der Waals surface area (Å²) in [6, 6.07) is 0. The lowest BCUT2D eigenvalue weighted by Gasteiger charge is -2.26. The van der Waals surface area contributed by atoms with Gasteiger partial charge in [-0.1, -0.05) is 40.0 Å². The van der Waals surface area contributed by atoms with Gasteiger partial charge in [0.15, 0.2) is 5.96 Å². The molecular weight excluding hydrogens is 316 g/mol. The lowest BCUT2D eigenvalue weighted by molar-refractivity contribution is -0.127. The molecule has 1 unspecified atom stereocenters. The van der Waals surface area contributed by atoms with E-state index in [4.69, 9.17) is 4.74 Å². The molecule has 0 aromatic carbocycles. The Balaban J connectivity index is 2.53. The lowest BCUT2D eigenvalue weighted by Crippen LogP contribution is -2.45. The van der Waals surface area contributed by atoms with Gasteiger partial charge in [0.2, 0.25) is 5.91 Å². The number of carbonyl (C=O) groups excluding carboxylic acids is 1. The number of aliphatic imine (C=N–C) groups is 1. The summed E-state index contributed by atoms with van der Waals surface area (Å²) in [6.07, 6.45) is 7.40. The van der Waals surface area contributed by atoms with Crippen LogP contribution in [0.4, 0.5) is 0 Å². The molecule has 0 spiro atoms. The van der Waals surface area contributed by atoms with Crippen molar-refractivity contribution in [2.24, 2.45) is 10.4 Å². The molecule has 0 radical (unpaired) electrons. The van der Waals surface area contributed by atoms with Gasteiger partial charge in [-0.05, 0) is 24.7 Å². The summed E-state index contributed by atoms with van der Waals surface area (Å²) in [7, 11) is 3.50. The first-order valence-corrected chi connectivity index (χ1v) is 9.68. The molecule has 1 atom stereocenters. The Morgan fingerprint density at radius 1 is 1.28 bits per heavy atom. The van der Waals surface area contributed by atoms with Gasteiger partial charge >= 0.3 is 0 Å². The highest BCUT2D eigenvalue weighted by atomic mass is 16.5. The molecule has 6 heteroatoms. The van der Waals surface area contributed by atoms with Crippen LogP contribution in [0.5, 0.6) is 0 Å². The molecule has 1 rings (SSSR count). The normalized spacial score (nSPS) is 18.3. The fraction of sp³-hybridized carbons (Fsp3) is 0.895. The van der Waals surface area contributed by atoms with Crippen LogP contribution in [0, 0.1) is 5.41 Å². The van der Waals surface area contributed by atoms with Gasteiger partial charge < -0.3 is 20.3 Å². The molecule has 6 nitrogen and oxygen atoms in total. The number of hydrogen-bond acceptors (Lipinski definition) is 3. The molecule has 1 fully saturated rings. The van der Waals surface area contributed by atoms with Crippen LogP contribution in [-0.2, 0) is 9.53 Å². The largest absolute Gasteiger partial charge is 0.376 e. The Kier molecular flexibility index (Phi) is 9.86. The first kappa shape index (κ1) is 21.7. The molecular formula is C19H38N4O2. The maximum Gasteiger partial charge on any atom is 0.243 e. The van der Waals surface area contributed by atoms with E-state index in [1.54, 1.807) is 19.0 Å². The smallest absolute Gasteiger partial charge is 0.243 e. The van der Waals surface area contributed by atoms with Gasteiger partial charge in [0.1, 0.15) is 6.54 Å². The van der Waals surface area contributed by atoms with Crippen molar-refractivity contribution in [1.29, 1.82) is 0 Å². The fourth-order valence-electron chi connectivity index (χ4n) is 2.74. The molecule has 0 bridgehead atoms. The van der Waals surface area contributed by atoms with Crippen molar-refractivity contribution in [3.05, 3.63) is 0 Å². The minimum atomic E-state index is 0.000391. The van der Waals surface area contributed by atoms with Crippen LogP contribution in [0.2, 0.25) is 0 Å². The van der Waals surface area contributed by atoms with Crippen LogP contribution in [0.1, 0.15) is 59.3 Å². The Bertz CT molecular complexity index is 416. The number of guanidine groups is 1. The zero-order chi connectivity index (χ0) is 18.7. The van der Waals surface area contributed by atoms with Gasteiger partial charge in [0.05, 0.1) is 6.10 Å². The van der Waals surface area contributed by atoms with E-state index in [2.05, 4.69) is 36.4 Å². The molecule has 0 aromatic heterocycles. The minimum absolute atomic E-state index is 0.000391. The van der Waals surface area contributed by atoms with Gasteiger partial charge in [-0.3, -0.25) is 4.79 Å². The van der Waals surface area contributed by atoms with Gasteiger partial charge in [-0.15, -0.1) is 0 Å². The Morgan fingerprint density at radius 3 is 2.64 bits per heavy atom. The summed E-state index contributed by atoms with van der Waals surface area (Å²) < 4.78 is 5.66. The van der Waals surface area contributed by atoms with Crippen molar-refractivity contribution >= 4 is 11.9 Å². The number of rotatable bonds is 10. The molecule has 0 aliphatic carbocycles. The molecule has 1 saturated heterocycles. The number of carbonyl (C=O) groups is 1. The van der Waals surface area contributed by atoms with E-state index in [0.29, 0.717) is 5.96 Å². The number of nitrogens with zero attached hydrogens (tertiary/aromatic N) is 2. The second kappa shape index (κ2) is 11.3. The van der Waals surface area contributed by atoms with Crippen LogP contribution in [-0.4, -0.2) is 63.2 Å². The number of likely N-dealkylation sites (N-methyl/N-ethyl adjacent to an activating group) is 1. The van der Waals surface area contributed by atoms with Crippen molar-refractivity contribution < 1.29 is 9.53 Å².